The van der Waals surface area contributed by atoms with Gasteiger partial charge in [0.25, 0.3) is 0 Å². The van der Waals surface area contributed by atoms with Gasteiger partial charge in [0.05, 0.1) is 6.54 Å². The SMILES string of the molecule is O=C1CCCC(CC(=O)N(Cc2ccccc2)c2ccccn2)N1. The third-order valence-electron chi connectivity index (χ3n) is 4.15. The van der Waals surface area contributed by atoms with Crippen molar-refractivity contribution in [2.75, 3.05) is 4.90 Å². The molecule has 1 N–H and O–H groups in total. The Labute approximate surface area is 141 Å². The minimum absolute atomic E-state index is 0.0234. The van der Waals surface area contributed by atoms with Crippen LogP contribution in [0.1, 0.15) is 31.2 Å². The molecule has 2 amide bonds. The fourth-order valence-electron chi connectivity index (χ4n) is 2.93. The summed E-state index contributed by atoms with van der Waals surface area (Å²) in [5, 5.41) is 2.91. The third-order valence-corrected chi connectivity index (χ3v) is 4.15. The predicted molar refractivity (Wildman–Crippen MR) is 92.3 cm³/mol. The minimum atomic E-state index is -0.0827. The molecule has 2 heterocycles. The van der Waals surface area contributed by atoms with E-state index in [2.05, 4.69) is 10.3 Å². The second-order valence-corrected chi connectivity index (χ2v) is 6.01. The number of nitrogens with zero attached hydrogens (tertiary/aromatic N) is 2. The van der Waals surface area contributed by atoms with Gasteiger partial charge in [0.2, 0.25) is 11.8 Å². The van der Waals surface area contributed by atoms with E-state index < -0.39 is 0 Å². The van der Waals surface area contributed by atoms with Gasteiger partial charge in [-0.2, -0.15) is 0 Å². The first kappa shape index (κ1) is 16.2. The Morgan fingerprint density at radius 1 is 1.17 bits per heavy atom. The lowest BCUT2D eigenvalue weighted by atomic mass is 10.0. The highest BCUT2D eigenvalue weighted by molar-refractivity contribution is 5.93. The molecule has 124 valence electrons. The number of pyridine rings is 1. The number of hydrogen-bond acceptors (Lipinski definition) is 3. The average Bonchev–Trinajstić information content (AvgIpc) is 2.61. The van der Waals surface area contributed by atoms with Crippen molar-refractivity contribution in [1.29, 1.82) is 0 Å². The molecule has 3 rings (SSSR count). The summed E-state index contributed by atoms with van der Waals surface area (Å²) in [4.78, 5) is 30.4. The normalized spacial score (nSPS) is 17.2. The first-order valence-electron chi connectivity index (χ1n) is 8.27. The van der Waals surface area contributed by atoms with Crippen molar-refractivity contribution in [2.45, 2.75) is 38.3 Å². The Kier molecular flexibility index (Phi) is 5.21. The Hall–Kier alpha value is -2.69. The molecule has 0 bridgehead atoms. The summed E-state index contributed by atoms with van der Waals surface area (Å²) in [5.74, 6) is 0.643. The van der Waals surface area contributed by atoms with E-state index >= 15 is 0 Å². The van der Waals surface area contributed by atoms with Gasteiger partial charge in [-0.25, -0.2) is 4.98 Å². The quantitative estimate of drug-likeness (QED) is 0.920. The maximum Gasteiger partial charge on any atom is 0.230 e. The van der Waals surface area contributed by atoms with Gasteiger partial charge in [0.15, 0.2) is 0 Å². The molecular formula is C19H21N3O2. The fourth-order valence-corrected chi connectivity index (χ4v) is 2.93. The number of piperidine rings is 1. The maximum atomic E-state index is 12.9. The molecule has 0 aliphatic carbocycles. The van der Waals surface area contributed by atoms with Crippen molar-refractivity contribution in [3.05, 3.63) is 60.3 Å². The van der Waals surface area contributed by atoms with Crippen molar-refractivity contribution < 1.29 is 9.59 Å². The molecule has 1 fully saturated rings. The molecule has 0 radical (unpaired) electrons. The van der Waals surface area contributed by atoms with Gasteiger partial charge in [-0.05, 0) is 30.5 Å². The van der Waals surface area contributed by atoms with Gasteiger partial charge in [-0.3, -0.25) is 14.5 Å². The van der Waals surface area contributed by atoms with E-state index in [-0.39, 0.29) is 17.9 Å². The molecule has 24 heavy (non-hydrogen) atoms. The van der Waals surface area contributed by atoms with Crippen molar-refractivity contribution in [3.63, 3.8) is 0 Å². The van der Waals surface area contributed by atoms with Crippen molar-refractivity contribution in [1.82, 2.24) is 10.3 Å². The minimum Gasteiger partial charge on any atom is -0.353 e. The summed E-state index contributed by atoms with van der Waals surface area (Å²) < 4.78 is 0. The number of anilines is 1. The van der Waals surface area contributed by atoms with E-state index in [0.29, 0.717) is 25.2 Å². The summed E-state index contributed by atoms with van der Waals surface area (Å²) in [5.41, 5.74) is 1.05. The number of rotatable bonds is 5. The standard InChI is InChI=1S/C19H21N3O2/c23-18-11-6-9-16(21-18)13-19(24)22(17-10-4-5-12-20-17)14-15-7-2-1-3-8-15/h1-5,7-8,10,12,16H,6,9,11,13-14H2,(H,21,23). The summed E-state index contributed by atoms with van der Waals surface area (Å²) in [7, 11) is 0. The number of hydrogen-bond donors (Lipinski definition) is 1. The largest absolute Gasteiger partial charge is 0.353 e. The molecule has 1 atom stereocenters. The van der Waals surface area contributed by atoms with E-state index in [1.165, 1.54) is 0 Å². The lowest BCUT2D eigenvalue weighted by Crippen LogP contribution is -2.43. The number of amides is 2. The van der Waals surface area contributed by atoms with E-state index in [1.807, 2.05) is 48.5 Å². The summed E-state index contributed by atoms with van der Waals surface area (Å²) >= 11 is 0. The highest BCUT2D eigenvalue weighted by atomic mass is 16.2. The van der Waals surface area contributed by atoms with Crippen molar-refractivity contribution in [2.24, 2.45) is 0 Å². The van der Waals surface area contributed by atoms with Gasteiger partial charge >= 0.3 is 0 Å². The van der Waals surface area contributed by atoms with Gasteiger partial charge in [-0.1, -0.05) is 36.4 Å². The van der Waals surface area contributed by atoms with Crippen LogP contribution in [0.3, 0.4) is 0 Å². The lowest BCUT2D eigenvalue weighted by molar-refractivity contribution is -0.124. The molecule has 1 aromatic carbocycles. The van der Waals surface area contributed by atoms with Crippen LogP contribution in [-0.2, 0) is 16.1 Å². The van der Waals surface area contributed by atoms with E-state index in [4.69, 9.17) is 0 Å². The lowest BCUT2D eigenvalue weighted by Gasteiger charge is -2.27. The van der Waals surface area contributed by atoms with Gasteiger partial charge in [0.1, 0.15) is 5.82 Å². The third kappa shape index (κ3) is 4.19. The fraction of sp³-hybridized carbons (Fsp3) is 0.316. The van der Waals surface area contributed by atoms with Gasteiger partial charge < -0.3 is 5.32 Å². The van der Waals surface area contributed by atoms with Crippen LogP contribution < -0.4 is 10.2 Å². The van der Waals surface area contributed by atoms with Crippen molar-refractivity contribution >= 4 is 17.6 Å². The highest BCUT2D eigenvalue weighted by Crippen LogP contribution is 2.18. The second-order valence-electron chi connectivity index (χ2n) is 6.01. The van der Waals surface area contributed by atoms with Crippen LogP contribution in [0.5, 0.6) is 0 Å². The maximum absolute atomic E-state index is 12.9. The molecule has 1 unspecified atom stereocenters. The molecule has 1 aliphatic rings. The topological polar surface area (TPSA) is 62.3 Å². The van der Waals surface area contributed by atoms with Crippen LogP contribution in [0.25, 0.3) is 0 Å². The zero-order valence-corrected chi connectivity index (χ0v) is 13.5. The number of nitrogens with one attached hydrogen (secondary N) is 1. The van der Waals surface area contributed by atoms with Crippen LogP contribution in [0.4, 0.5) is 5.82 Å². The molecule has 0 spiro atoms. The molecule has 1 aromatic heterocycles. The van der Waals surface area contributed by atoms with E-state index in [9.17, 15) is 9.59 Å². The summed E-state index contributed by atoms with van der Waals surface area (Å²) in [6.45, 7) is 0.470. The Bertz CT molecular complexity index is 688. The average molecular weight is 323 g/mol. The second kappa shape index (κ2) is 7.73. The summed E-state index contributed by atoms with van der Waals surface area (Å²) in [6, 6.07) is 15.3. The Morgan fingerprint density at radius 2 is 1.96 bits per heavy atom. The van der Waals surface area contributed by atoms with E-state index in [0.717, 1.165) is 18.4 Å². The zero-order valence-electron chi connectivity index (χ0n) is 13.5. The number of carbonyl (C=O) groups excluding carboxylic acids is 2. The van der Waals surface area contributed by atoms with Crippen LogP contribution >= 0.6 is 0 Å². The Morgan fingerprint density at radius 3 is 2.67 bits per heavy atom. The molecule has 0 saturated carbocycles. The van der Waals surface area contributed by atoms with Crippen LogP contribution in [0.15, 0.2) is 54.7 Å². The molecule has 1 saturated heterocycles. The van der Waals surface area contributed by atoms with Crippen molar-refractivity contribution in [3.8, 4) is 0 Å². The Balaban J connectivity index is 1.76. The van der Waals surface area contributed by atoms with Gasteiger partial charge in [-0.15, -0.1) is 0 Å². The van der Waals surface area contributed by atoms with E-state index in [1.54, 1.807) is 11.1 Å². The predicted octanol–water partition coefficient (Wildman–Crippen LogP) is 2.67. The number of benzene rings is 1. The smallest absolute Gasteiger partial charge is 0.230 e. The molecule has 1 aliphatic heterocycles. The summed E-state index contributed by atoms with van der Waals surface area (Å²) in [6.07, 6.45) is 4.22. The van der Waals surface area contributed by atoms with Crippen LogP contribution in [0.2, 0.25) is 0 Å². The number of aromatic nitrogens is 1. The molecule has 5 nitrogen and oxygen atoms in total. The monoisotopic (exact) mass is 323 g/mol. The highest BCUT2D eigenvalue weighted by Gasteiger charge is 2.25. The number of carbonyl (C=O) groups is 2. The molecular weight excluding hydrogens is 302 g/mol. The first-order valence-corrected chi connectivity index (χ1v) is 8.27. The first-order chi connectivity index (χ1) is 11.7. The van der Waals surface area contributed by atoms with Gasteiger partial charge in [0, 0.05) is 25.1 Å². The van der Waals surface area contributed by atoms with Crippen LogP contribution in [0, 0.1) is 0 Å². The molecule has 2 aromatic rings. The zero-order chi connectivity index (χ0) is 16.8. The van der Waals surface area contributed by atoms with Crippen LogP contribution in [-0.4, -0.2) is 22.8 Å². The molecule has 5 heteroatoms.